The third-order valence-electron chi connectivity index (χ3n) is 3.65. The molecule has 1 fully saturated rings. The van der Waals surface area contributed by atoms with Gasteiger partial charge in [0.15, 0.2) is 9.84 Å². The summed E-state index contributed by atoms with van der Waals surface area (Å²) in [5.41, 5.74) is 0. The Balaban J connectivity index is 2.16. The first-order valence-electron chi connectivity index (χ1n) is 7.62. The number of rotatable bonds is 7. The minimum atomic E-state index is -3.73. The molecule has 0 bridgehead atoms. The molecule has 2 rings (SSSR count). The maximum absolute atomic E-state index is 12.7. The third-order valence-corrected chi connectivity index (χ3v) is 7.97. The van der Waals surface area contributed by atoms with Gasteiger partial charge in [-0.1, -0.05) is 26.0 Å². The van der Waals surface area contributed by atoms with E-state index in [0.717, 1.165) is 0 Å². The molecule has 1 aliphatic heterocycles. The van der Waals surface area contributed by atoms with Gasteiger partial charge in [-0.3, -0.25) is 0 Å². The molecule has 0 radical (unpaired) electrons. The van der Waals surface area contributed by atoms with Crippen molar-refractivity contribution in [2.24, 2.45) is 5.92 Å². The summed E-state index contributed by atoms with van der Waals surface area (Å²) in [4.78, 5) is 0.0848. The van der Waals surface area contributed by atoms with E-state index >= 15 is 0 Å². The van der Waals surface area contributed by atoms with Crippen molar-refractivity contribution in [2.45, 2.75) is 30.9 Å². The molecule has 23 heavy (non-hydrogen) atoms. The van der Waals surface area contributed by atoms with Crippen molar-refractivity contribution in [2.75, 3.05) is 25.4 Å². The molecule has 1 heterocycles. The van der Waals surface area contributed by atoms with Crippen molar-refractivity contribution in [3.8, 4) is 5.75 Å². The van der Waals surface area contributed by atoms with Crippen LogP contribution in [0, 0.1) is 5.92 Å². The molecular weight excluding hydrogens is 338 g/mol. The topological polar surface area (TPSA) is 80.8 Å². The molecule has 0 aliphatic carbocycles. The third kappa shape index (κ3) is 3.87. The normalized spacial score (nSPS) is 17.2. The molecule has 0 atom stereocenters. The van der Waals surface area contributed by atoms with Crippen molar-refractivity contribution in [1.29, 1.82) is 0 Å². The lowest BCUT2D eigenvalue weighted by atomic mass is 10.3. The maximum Gasteiger partial charge on any atom is 0.246 e. The fraction of sp³-hybridized carbons (Fsp3) is 0.600. The number of hydrogen-bond acceptors (Lipinski definition) is 5. The van der Waals surface area contributed by atoms with Crippen LogP contribution in [0.5, 0.6) is 5.75 Å². The fourth-order valence-corrected chi connectivity index (χ4v) is 6.37. The number of nitrogens with zero attached hydrogens (tertiary/aromatic N) is 1. The number of ether oxygens (including phenoxy) is 1. The summed E-state index contributed by atoms with van der Waals surface area (Å²) in [6.07, 6.45) is 0. The highest BCUT2D eigenvalue weighted by molar-refractivity contribution is 7.92. The van der Waals surface area contributed by atoms with E-state index in [2.05, 4.69) is 0 Å². The van der Waals surface area contributed by atoms with Crippen LogP contribution in [0.25, 0.3) is 0 Å². The Bertz CT molecular complexity index is 750. The molecule has 130 valence electrons. The van der Waals surface area contributed by atoms with Gasteiger partial charge in [0.05, 0.1) is 17.6 Å². The van der Waals surface area contributed by atoms with E-state index in [-0.39, 0.29) is 29.7 Å². The summed E-state index contributed by atoms with van der Waals surface area (Å²) in [5.74, 6) is 0.411. The molecule has 0 saturated carbocycles. The molecule has 0 spiro atoms. The largest absolute Gasteiger partial charge is 0.492 e. The molecule has 0 unspecified atom stereocenters. The van der Waals surface area contributed by atoms with Crippen molar-refractivity contribution in [3.05, 3.63) is 24.3 Å². The first kappa shape index (κ1) is 18.2. The van der Waals surface area contributed by atoms with Crippen LogP contribution in [0.4, 0.5) is 0 Å². The first-order chi connectivity index (χ1) is 10.7. The van der Waals surface area contributed by atoms with Gasteiger partial charge in [0.25, 0.3) is 0 Å². The monoisotopic (exact) mass is 361 g/mol. The summed E-state index contributed by atoms with van der Waals surface area (Å²) in [7, 11) is -6.99. The molecule has 1 saturated heterocycles. The summed E-state index contributed by atoms with van der Waals surface area (Å²) >= 11 is 0. The van der Waals surface area contributed by atoms with E-state index in [4.69, 9.17) is 4.74 Å². The van der Waals surface area contributed by atoms with Gasteiger partial charge in [0, 0.05) is 13.1 Å². The van der Waals surface area contributed by atoms with E-state index in [1.807, 2.05) is 13.8 Å². The summed E-state index contributed by atoms with van der Waals surface area (Å²) in [6, 6.07) is 6.41. The fourth-order valence-electron chi connectivity index (χ4n) is 2.50. The zero-order valence-electron chi connectivity index (χ0n) is 13.6. The zero-order chi connectivity index (χ0) is 17.3. The highest BCUT2D eigenvalue weighted by atomic mass is 32.2. The Morgan fingerprint density at radius 1 is 1.17 bits per heavy atom. The molecule has 0 amide bonds. The maximum atomic E-state index is 12.7. The van der Waals surface area contributed by atoms with Crippen LogP contribution in [-0.2, 0) is 19.9 Å². The number of sulfonamides is 1. The Morgan fingerprint density at radius 2 is 1.78 bits per heavy atom. The molecule has 1 aromatic rings. The van der Waals surface area contributed by atoms with Crippen LogP contribution < -0.4 is 4.74 Å². The average Bonchev–Trinajstić information content (AvgIpc) is 2.35. The number of sulfone groups is 1. The Kier molecular flexibility index (Phi) is 5.37. The standard InChI is InChI=1S/C15H23NO5S2/c1-4-21-14-7-5-6-8-15(14)23(19,20)16-9-13(10-16)22(17,18)11-12(2)3/h5-8,12-13H,4,9-11H2,1-3H3. The van der Waals surface area contributed by atoms with Crippen LogP contribution in [-0.4, -0.2) is 51.8 Å². The van der Waals surface area contributed by atoms with Gasteiger partial charge in [-0.2, -0.15) is 4.31 Å². The predicted molar refractivity (Wildman–Crippen MR) is 88.8 cm³/mol. The summed E-state index contributed by atoms with van der Waals surface area (Å²) in [6.45, 7) is 5.83. The number of hydrogen-bond donors (Lipinski definition) is 0. The molecule has 0 aromatic heterocycles. The van der Waals surface area contributed by atoms with Gasteiger partial charge >= 0.3 is 0 Å². The molecule has 1 aromatic carbocycles. The second-order valence-corrected chi connectivity index (χ2v) is 10.3. The van der Waals surface area contributed by atoms with Gasteiger partial charge in [0.1, 0.15) is 10.6 Å². The average molecular weight is 361 g/mol. The zero-order valence-corrected chi connectivity index (χ0v) is 15.2. The minimum Gasteiger partial charge on any atom is -0.492 e. The van der Waals surface area contributed by atoms with Crippen LogP contribution in [0.15, 0.2) is 29.2 Å². The number of benzene rings is 1. The summed E-state index contributed by atoms with van der Waals surface area (Å²) in [5, 5.41) is -0.612. The molecule has 0 N–H and O–H groups in total. The van der Waals surface area contributed by atoms with E-state index in [1.165, 1.54) is 10.4 Å². The molecule has 8 heteroatoms. The van der Waals surface area contributed by atoms with Crippen LogP contribution >= 0.6 is 0 Å². The van der Waals surface area contributed by atoms with Crippen molar-refractivity contribution in [1.82, 2.24) is 4.31 Å². The van der Waals surface area contributed by atoms with Crippen LogP contribution in [0.2, 0.25) is 0 Å². The van der Waals surface area contributed by atoms with Gasteiger partial charge < -0.3 is 4.74 Å². The van der Waals surface area contributed by atoms with Crippen LogP contribution in [0.1, 0.15) is 20.8 Å². The lowest BCUT2D eigenvalue weighted by molar-refractivity contribution is 0.302. The van der Waals surface area contributed by atoms with Gasteiger partial charge in [-0.15, -0.1) is 0 Å². The smallest absolute Gasteiger partial charge is 0.246 e. The predicted octanol–water partition coefficient (Wildman–Crippen LogP) is 1.53. The van der Waals surface area contributed by atoms with Crippen molar-refractivity contribution in [3.63, 3.8) is 0 Å². The van der Waals surface area contributed by atoms with Gasteiger partial charge in [-0.05, 0) is 25.0 Å². The van der Waals surface area contributed by atoms with Gasteiger partial charge in [0.2, 0.25) is 10.0 Å². The lowest BCUT2D eigenvalue weighted by Crippen LogP contribution is -2.57. The minimum absolute atomic E-state index is 0.0118. The highest BCUT2D eigenvalue weighted by Crippen LogP contribution is 2.31. The van der Waals surface area contributed by atoms with Crippen molar-refractivity contribution >= 4 is 19.9 Å². The van der Waals surface area contributed by atoms with Crippen LogP contribution in [0.3, 0.4) is 0 Å². The SMILES string of the molecule is CCOc1ccccc1S(=O)(=O)N1CC(S(=O)(=O)CC(C)C)C1. The second-order valence-electron chi connectivity index (χ2n) is 6.05. The second kappa shape index (κ2) is 6.78. The number of para-hydroxylation sites is 1. The molecule has 1 aliphatic rings. The van der Waals surface area contributed by atoms with Crippen molar-refractivity contribution < 1.29 is 21.6 Å². The first-order valence-corrected chi connectivity index (χ1v) is 10.8. The lowest BCUT2D eigenvalue weighted by Gasteiger charge is -2.37. The van der Waals surface area contributed by atoms with E-state index < -0.39 is 25.1 Å². The van der Waals surface area contributed by atoms with E-state index in [1.54, 1.807) is 25.1 Å². The van der Waals surface area contributed by atoms with Gasteiger partial charge in [-0.25, -0.2) is 16.8 Å². The van der Waals surface area contributed by atoms with E-state index in [0.29, 0.717) is 12.4 Å². The quantitative estimate of drug-likeness (QED) is 0.736. The highest BCUT2D eigenvalue weighted by Gasteiger charge is 2.44. The molecular formula is C15H23NO5S2. The molecule has 6 nitrogen and oxygen atoms in total. The summed E-state index contributed by atoms with van der Waals surface area (Å²) < 4.78 is 56.2. The Morgan fingerprint density at radius 3 is 2.35 bits per heavy atom. The Labute approximate surface area is 138 Å². The Hall–Kier alpha value is -1.12. The van der Waals surface area contributed by atoms with E-state index in [9.17, 15) is 16.8 Å².